The van der Waals surface area contributed by atoms with Crippen LogP contribution in [0.25, 0.3) is 0 Å². The summed E-state index contributed by atoms with van der Waals surface area (Å²) in [5, 5.41) is 5.58. The van der Waals surface area contributed by atoms with Gasteiger partial charge in [-0.05, 0) is 30.7 Å². The number of rotatable bonds is 7. The Bertz CT molecular complexity index is 808. The normalized spacial score (nSPS) is 15.1. The molecule has 0 aliphatic carbocycles. The number of hydrogen-bond acceptors (Lipinski definition) is 5. The summed E-state index contributed by atoms with van der Waals surface area (Å²) in [6.45, 7) is 1.17. The molecule has 2 amide bonds. The maximum absolute atomic E-state index is 12.6. The third-order valence-corrected chi connectivity index (χ3v) is 4.04. The molecule has 1 heterocycles. The highest BCUT2D eigenvalue weighted by atomic mass is 16.6. The van der Waals surface area contributed by atoms with E-state index in [1.165, 1.54) is 0 Å². The van der Waals surface area contributed by atoms with Crippen LogP contribution < -0.4 is 20.1 Å². The van der Waals surface area contributed by atoms with Gasteiger partial charge in [0.05, 0.1) is 11.3 Å². The van der Waals surface area contributed by atoms with Gasteiger partial charge in [0.15, 0.2) is 11.5 Å². The zero-order valence-corrected chi connectivity index (χ0v) is 15.1. The first-order chi connectivity index (χ1) is 13.2. The summed E-state index contributed by atoms with van der Waals surface area (Å²) in [7, 11) is 1.61. The number of carbonyl (C=O) groups is 2. The van der Waals surface area contributed by atoms with Crippen molar-refractivity contribution in [2.75, 3.05) is 32.2 Å². The Labute approximate surface area is 157 Å². The third-order valence-electron chi connectivity index (χ3n) is 4.04. The van der Waals surface area contributed by atoms with Gasteiger partial charge >= 0.3 is 0 Å². The molecule has 3 rings (SSSR count). The molecule has 142 valence electrons. The number of hydrogen-bond donors (Lipinski definition) is 2. The Balaban J connectivity index is 1.64. The summed E-state index contributed by atoms with van der Waals surface area (Å²) >= 11 is 0. The highest BCUT2D eigenvalue weighted by Crippen LogP contribution is 2.31. The molecule has 7 heteroatoms. The van der Waals surface area contributed by atoms with Gasteiger partial charge in [0.25, 0.3) is 11.8 Å². The van der Waals surface area contributed by atoms with Crippen molar-refractivity contribution < 1.29 is 23.8 Å². The molecule has 0 spiro atoms. The fourth-order valence-electron chi connectivity index (χ4n) is 2.67. The van der Waals surface area contributed by atoms with Crippen LogP contribution in [0.5, 0.6) is 11.5 Å². The lowest BCUT2D eigenvalue weighted by Crippen LogP contribution is -2.40. The first-order valence-corrected chi connectivity index (χ1v) is 8.74. The molecule has 7 nitrogen and oxygen atoms in total. The smallest absolute Gasteiger partial charge is 0.269 e. The molecule has 0 saturated carbocycles. The van der Waals surface area contributed by atoms with Gasteiger partial charge in [-0.3, -0.25) is 9.59 Å². The van der Waals surface area contributed by atoms with Crippen LogP contribution in [0, 0.1) is 0 Å². The molecular weight excluding hydrogens is 348 g/mol. The van der Waals surface area contributed by atoms with E-state index in [4.69, 9.17) is 14.2 Å². The summed E-state index contributed by atoms with van der Waals surface area (Å²) in [6.07, 6.45) is -0.0820. The lowest BCUT2D eigenvalue weighted by atomic mass is 10.1. The third kappa shape index (κ3) is 4.77. The van der Waals surface area contributed by atoms with E-state index in [0.717, 1.165) is 0 Å². The molecular formula is C20H22N2O5. The fourth-order valence-corrected chi connectivity index (χ4v) is 2.67. The van der Waals surface area contributed by atoms with Crippen molar-refractivity contribution in [1.82, 2.24) is 5.32 Å². The maximum atomic E-state index is 12.6. The Morgan fingerprint density at radius 2 is 1.85 bits per heavy atom. The van der Waals surface area contributed by atoms with Crippen molar-refractivity contribution in [3.05, 3.63) is 54.1 Å². The van der Waals surface area contributed by atoms with Gasteiger partial charge in [-0.25, -0.2) is 0 Å². The van der Waals surface area contributed by atoms with Crippen molar-refractivity contribution in [3.63, 3.8) is 0 Å². The SMILES string of the molecule is COCCCNC(=O)c1ccccc1NC(=O)[C@@H]1COc2ccccc2O1. The van der Waals surface area contributed by atoms with Gasteiger partial charge in [0.2, 0.25) is 6.10 Å². The van der Waals surface area contributed by atoms with Crippen LogP contribution in [-0.2, 0) is 9.53 Å². The number of methoxy groups -OCH3 is 1. The summed E-state index contributed by atoms with van der Waals surface area (Å²) in [5.41, 5.74) is 0.814. The van der Waals surface area contributed by atoms with Crippen molar-refractivity contribution in [1.29, 1.82) is 0 Å². The van der Waals surface area contributed by atoms with Gasteiger partial charge < -0.3 is 24.8 Å². The molecule has 2 aromatic carbocycles. The molecule has 2 aromatic rings. The lowest BCUT2D eigenvalue weighted by molar-refractivity contribution is -0.125. The van der Waals surface area contributed by atoms with E-state index in [9.17, 15) is 9.59 Å². The molecule has 0 radical (unpaired) electrons. The summed E-state index contributed by atoms with van der Waals surface area (Å²) < 4.78 is 16.2. The zero-order chi connectivity index (χ0) is 19.1. The molecule has 27 heavy (non-hydrogen) atoms. The van der Waals surface area contributed by atoms with Crippen molar-refractivity contribution in [3.8, 4) is 11.5 Å². The Morgan fingerprint density at radius 1 is 1.11 bits per heavy atom. The number of para-hydroxylation sites is 3. The van der Waals surface area contributed by atoms with Gasteiger partial charge in [0, 0.05) is 20.3 Å². The van der Waals surface area contributed by atoms with E-state index in [1.807, 2.05) is 12.1 Å². The van der Waals surface area contributed by atoms with Crippen LogP contribution in [0.3, 0.4) is 0 Å². The van der Waals surface area contributed by atoms with E-state index >= 15 is 0 Å². The Morgan fingerprint density at radius 3 is 2.67 bits per heavy atom. The van der Waals surface area contributed by atoms with Crippen LogP contribution in [0.4, 0.5) is 5.69 Å². The second-order valence-corrected chi connectivity index (χ2v) is 6.00. The second-order valence-electron chi connectivity index (χ2n) is 6.00. The van der Waals surface area contributed by atoms with Gasteiger partial charge in [-0.15, -0.1) is 0 Å². The van der Waals surface area contributed by atoms with E-state index in [-0.39, 0.29) is 18.4 Å². The van der Waals surface area contributed by atoms with Crippen molar-refractivity contribution in [2.45, 2.75) is 12.5 Å². The first-order valence-electron chi connectivity index (χ1n) is 8.74. The molecule has 1 aliphatic heterocycles. The van der Waals surface area contributed by atoms with E-state index in [2.05, 4.69) is 10.6 Å². The zero-order valence-electron chi connectivity index (χ0n) is 15.1. The van der Waals surface area contributed by atoms with Gasteiger partial charge in [0.1, 0.15) is 6.61 Å². The van der Waals surface area contributed by atoms with Crippen LogP contribution >= 0.6 is 0 Å². The lowest BCUT2D eigenvalue weighted by Gasteiger charge is -2.25. The highest BCUT2D eigenvalue weighted by molar-refractivity contribution is 6.04. The summed E-state index contributed by atoms with van der Waals surface area (Å²) in [5.74, 6) is 0.503. The Kier molecular flexibility index (Phi) is 6.27. The number of amides is 2. The molecule has 0 bridgehead atoms. The Hall–Kier alpha value is -3.06. The number of ether oxygens (including phenoxy) is 3. The average Bonchev–Trinajstić information content (AvgIpc) is 2.71. The van der Waals surface area contributed by atoms with Crippen molar-refractivity contribution >= 4 is 17.5 Å². The molecule has 0 fully saturated rings. The highest BCUT2D eigenvalue weighted by Gasteiger charge is 2.28. The molecule has 0 saturated heterocycles. The number of anilines is 1. The van der Waals surface area contributed by atoms with Crippen LogP contribution in [0.1, 0.15) is 16.8 Å². The minimum absolute atomic E-state index is 0.105. The predicted molar refractivity (Wildman–Crippen MR) is 100 cm³/mol. The van der Waals surface area contributed by atoms with Crippen LogP contribution in [-0.4, -0.2) is 44.8 Å². The fraction of sp³-hybridized carbons (Fsp3) is 0.300. The largest absolute Gasteiger partial charge is 0.485 e. The number of carbonyl (C=O) groups excluding carboxylic acids is 2. The quantitative estimate of drug-likeness (QED) is 0.730. The van der Waals surface area contributed by atoms with Crippen LogP contribution in [0.15, 0.2) is 48.5 Å². The monoisotopic (exact) mass is 370 g/mol. The maximum Gasteiger partial charge on any atom is 0.269 e. The van der Waals surface area contributed by atoms with E-state index < -0.39 is 6.10 Å². The minimum Gasteiger partial charge on any atom is -0.485 e. The topological polar surface area (TPSA) is 85.9 Å². The second kappa shape index (κ2) is 9.05. The molecule has 1 atom stereocenters. The average molecular weight is 370 g/mol. The minimum atomic E-state index is -0.794. The molecule has 1 aliphatic rings. The molecule has 0 unspecified atom stereocenters. The van der Waals surface area contributed by atoms with Gasteiger partial charge in [-0.1, -0.05) is 24.3 Å². The van der Waals surface area contributed by atoms with Crippen LogP contribution in [0.2, 0.25) is 0 Å². The van der Waals surface area contributed by atoms with E-state index in [0.29, 0.717) is 42.3 Å². The molecule has 2 N–H and O–H groups in total. The predicted octanol–water partition coefficient (Wildman–Crippen LogP) is 2.23. The summed E-state index contributed by atoms with van der Waals surface area (Å²) in [4.78, 5) is 25.0. The number of fused-ring (bicyclic) bond motifs is 1. The van der Waals surface area contributed by atoms with Crippen molar-refractivity contribution in [2.24, 2.45) is 0 Å². The first kappa shape index (κ1) is 18.7. The number of benzene rings is 2. The number of nitrogens with one attached hydrogen (secondary N) is 2. The standard InChI is InChI=1S/C20H22N2O5/c1-25-12-6-11-21-19(23)14-7-2-3-8-15(14)22-20(24)18-13-26-16-9-4-5-10-17(16)27-18/h2-5,7-10,18H,6,11-13H2,1H3,(H,21,23)(H,22,24)/t18-/m0/s1. The summed E-state index contributed by atoms with van der Waals surface area (Å²) in [6, 6.07) is 14.0. The van der Waals surface area contributed by atoms with Gasteiger partial charge in [-0.2, -0.15) is 0 Å². The van der Waals surface area contributed by atoms with E-state index in [1.54, 1.807) is 43.5 Å². The molecule has 0 aromatic heterocycles.